The van der Waals surface area contributed by atoms with E-state index < -0.39 is 0 Å². The number of amides is 1. The Morgan fingerprint density at radius 1 is 1.41 bits per heavy atom. The summed E-state index contributed by atoms with van der Waals surface area (Å²) in [5.41, 5.74) is 1.10. The summed E-state index contributed by atoms with van der Waals surface area (Å²) in [7, 11) is 0. The van der Waals surface area contributed by atoms with Crippen molar-refractivity contribution in [2.75, 3.05) is 5.32 Å². The van der Waals surface area contributed by atoms with Crippen molar-refractivity contribution in [2.45, 2.75) is 18.9 Å². The fourth-order valence-electron chi connectivity index (χ4n) is 2.71. The highest BCUT2D eigenvalue weighted by atomic mass is 79.9. The molecule has 1 amide bonds. The molecule has 0 fully saturated rings. The van der Waals surface area contributed by atoms with Crippen molar-refractivity contribution in [1.29, 1.82) is 0 Å². The minimum Gasteiger partial charge on any atom is -0.311 e. The number of hydrogen-bond acceptors (Lipinski definition) is 4. The Balaban J connectivity index is 1.72. The smallest absolute Gasteiger partial charge is 0.226 e. The quantitative estimate of drug-likeness (QED) is 0.721. The summed E-state index contributed by atoms with van der Waals surface area (Å²) in [5, 5.41) is 9.53. The first-order chi connectivity index (χ1) is 10.7. The molecule has 0 radical (unpaired) electrons. The number of rotatable bonds is 3. The molecular formula is C15H12BrN3OS2. The largest absolute Gasteiger partial charge is 0.311 e. The van der Waals surface area contributed by atoms with Crippen LogP contribution >= 0.6 is 38.6 Å². The molecule has 1 atom stereocenters. The molecule has 3 aromatic rings. The maximum Gasteiger partial charge on any atom is 0.226 e. The molecule has 0 spiro atoms. The van der Waals surface area contributed by atoms with Crippen LogP contribution in [-0.2, 0) is 11.3 Å². The number of nitrogens with one attached hydrogen (secondary N) is 1. The van der Waals surface area contributed by atoms with E-state index in [0.29, 0.717) is 13.0 Å². The van der Waals surface area contributed by atoms with Gasteiger partial charge in [-0.3, -0.25) is 4.79 Å². The van der Waals surface area contributed by atoms with E-state index >= 15 is 0 Å². The molecule has 0 bridgehead atoms. The Bertz CT molecular complexity index is 822. The molecule has 4 nitrogen and oxygen atoms in total. The number of nitrogens with zero attached hydrogens (tertiary/aromatic N) is 2. The summed E-state index contributed by atoms with van der Waals surface area (Å²) in [6.07, 6.45) is 2.37. The second-order valence-corrected chi connectivity index (χ2v) is 8.66. The average molecular weight is 394 g/mol. The van der Waals surface area contributed by atoms with Crippen LogP contribution in [0.2, 0.25) is 0 Å². The Labute approximate surface area is 143 Å². The average Bonchev–Trinajstić information content (AvgIpc) is 3.21. The van der Waals surface area contributed by atoms with Gasteiger partial charge in [-0.2, -0.15) is 5.10 Å². The van der Waals surface area contributed by atoms with Gasteiger partial charge in [0.25, 0.3) is 0 Å². The summed E-state index contributed by atoms with van der Waals surface area (Å²) in [6, 6.07) is 8.22. The van der Waals surface area contributed by atoms with E-state index in [4.69, 9.17) is 0 Å². The first kappa shape index (κ1) is 14.2. The van der Waals surface area contributed by atoms with Crippen molar-refractivity contribution < 1.29 is 4.79 Å². The lowest BCUT2D eigenvalue weighted by atomic mass is 9.93. The Kier molecular flexibility index (Phi) is 3.63. The molecule has 1 aliphatic heterocycles. The topological polar surface area (TPSA) is 46.9 Å². The van der Waals surface area contributed by atoms with Crippen LogP contribution in [-0.4, -0.2) is 15.7 Å². The summed E-state index contributed by atoms with van der Waals surface area (Å²) >= 11 is 6.87. The van der Waals surface area contributed by atoms with Crippen molar-refractivity contribution in [2.24, 2.45) is 0 Å². The van der Waals surface area contributed by atoms with Crippen molar-refractivity contribution in [3.63, 3.8) is 0 Å². The zero-order valence-corrected chi connectivity index (χ0v) is 14.7. The van der Waals surface area contributed by atoms with E-state index in [1.807, 2.05) is 23.0 Å². The molecule has 1 aliphatic rings. The number of halogens is 1. The van der Waals surface area contributed by atoms with Gasteiger partial charge >= 0.3 is 0 Å². The molecule has 22 heavy (non-hydrogen) atoms. The molecule has 4 rings (SSSR count). The number of hydrogen-bond donors (Lipinski definition) is 1. The fourth-order valence-corrected chi connectivity index (χ4v) is 4.94. The van der Waals surface area contributed by atoms with Crippen LogP contribution in [0.15, 0.2) is 39.6 Å². The number of carbonyl (C=O) groups excluding carboxylic acids is 1. The van der Waals surface area contributed by atoms with Gasteiger partial charge in [0.05, 0.1) is 16.5 Å². The molecule has 4 heterocycles. The SMILES string of the molecule is O=C1CC(c2ccc(Br)s2)c2cnn(Cc3cccs3)c2N1. The van der Waals surface area contributed by atoms with Gasteiger partial charge in [-0.15, -0.1) is 22.7 Å². The van der Waals surface area contributed by atoms with Gasteiger partial charge in [-0.25, -0.2) is 4.68 Å². The number of thiophene rings is 2. The van der Waals surface area contributed by atoms with Crippen LogP contribution in [0.4, 0.5) is 5.82 Å². The number of anilines is 1. The highest BCUT2D eigenvalue weighted by Gasteiger charge is 2.30. The van der Waals surface area contributed by atoms with Crippen LogP contribution in [0.3, 0.4) is 0 Å². The van der Waals surface area contributed by atoms with Crippen molar-refractivity contribution in [3.05, 3.63) is 54.9 Å². The highest BCUT2D eigenvalue weighted by Crippen LogP contribution is 2.40. The van der Waals surface area contributed by atoms with Crippen LogP contribution in [0.1, 0.15) is 27.7 Å². The molecule has 0 saturated carbocycles. The van der Waals surface area contributed by atoms with Gasteiger partial charge < -0.3 is 5.32 Å². The molecule has 0 saturated heterocycles. The third-order valence-electron chi connectivity index (χ3n) is 3.71. The maximum atomic E-state index is 12.1. The second-order valence-electron chi connectivity index (χ2n) is 5.13. The van der Waals surface area contributed by atoms with Crippen LogP contribution in [0, 0.1) is 0 Å². The van der Waals surface area contributed by atoms with Crippen LogP contribution < -0.4 is 5.32 Å². The Morgan fingerprint density at radius 3 is 3.05 bits per heavy atom. The molecule has 7 heteroatoms. The van der Waals surface area contributed by atoms with Crippen molar-refractivity contribution in [1.82, 2.24) is 9.78 Å². The second kappa shape index (κ2) is 5.64. The van der Waals surface area contributed by atoms with E-state index in [2.05, 4.69) is 43.9 Å². The lowest BCUT2D eigenvalue weighted by molar-refractivity contribution is -0.116. The van der Waals surface area contributed by atoms with Crippen molar-refractivity contribution in [3.8, 4) is 0 Å². The van der Waals surface area contributed by atoms with E-state index in [1.54, 1.807) is 22.7 Å². The van der Waals surface area contributed by atoms with Gasteiger partial charge in [-0.1, -0.05) is 6.07 Å². The Morgan fingerprint density at radius 2 is 2.32 bits per heavy atom. The zero-order chi connectivity index (χ0) is 15.1. The molecule has 0 aliphatic carbocycles. The van der Waals surface area contributed by atoms with E-state index in [0.717, 1.165) is 15.2 Å². The standard InChI is InChI=1S/C15H12BrN3OS2/c16-13-4-3-12(22-13)10-6-14(20)18-15-11(10)7-17-19(15)8-9-2-1-5-21-9/h1-5,7,10H,6,8H2,(H,18,20). The normalized spacial score (nSPS) is 17.3. The maximum absolute atomic E-state index is 12.1. The van der Waals surface area contributed by atoms with E-state index in [-0.39, 0.29) is 11.8 Å². The molecule has 1 unspecified atom stereocenters. The lowest BCUT2D eigenvalue weighted by Gasteiger charge is -2.22. The predicted octanol–water partition coefficient (Wildman–Crippen LogP) is 4.29. The third kappa shape index (κ3) is 2.53. The molecule has 1 N–H and O–H groups in total. The van der Waals surface area contributed by atoms with Gasteiger partial charge in [0.15, 0.2) is 0 Å². The molecule has 3 aromatic heterocycles. The minimum absolute atomic E-state index is 0.0509. The molecule has 0 aromatic carbocycles. The predicted molar refractivity (Wildman–Crippen MR) is 92.8 cm³/mol. The highest BCUT2D eigenvalue weighted by molar-refractivity contribution is 9.11. The first-order valence-corrected chi connectivity index (χ1v) is 9.33. The van der Waals surface area contributed by atoms with Crippen LogP contribution in [0.25, 0.3) is 0 Å². The number of carbonyl (C=O) groups is 1. The van der Waals surface area contributed by atoms with Gasteiger partial charge in [0.1, 0.15) is 5.82 Å². The Hall–Kier alpha value is -1.44. The summed E-state index contributed by atoms with van der Waals surface area (Å²) in [5.74, 6) is 0.978. The molecular weight excluding hydrogens is 382 g/mol. The fraction of sp³-hybridized carbons (Fsp3) is 0.200. The lowest BCUT2D eigenvalue weighted by Crippen LogP contribution is -2.24. The van der Waals surface area contributed by atoms with E-state index in [1.165, 1.54) is 9.75 Å². The number of fused-ring (bicyclic) bond motifs is 1. The zero-order valence-electron chi connectivity index (χ0n) is 11.5. The summed E-state index contributed by atoms with van der Waals surface area (Å²) in [6.45, 7) is 0.689. The van der Waals surface area contributed by atoms with Gasteiger partial charge in [0.2, 0.25) is 5.91 Å². The van der Waals surface area contributed by atoms with E-state index in [9.17, 15) is 4.79 Å². The monoisotopic (exact) mass is 393 g/mol. The minimum atomic E-state index is 0.0509. The molecule has 112 valence electrons. The number of aromatic nitrogens is 2. The summed E-state index contributed by atoms with van der Waals surface area (Å²) < 4.78 is 2.97. The third-order valence-corrected chi connectivity index (χ3v) is 6.31. The van der Waals surface area contributed by atoms with Crippen LogP contribution in [0.5, 0.6) is 0 Å². The first-order valence-electron chi connectivity index (χ1n) is 6.84. The van der Waals surface area contributed by atoms with Gasteiger partial charge in [0, 0.05) is 27.7 Å². The van der Waals surface area contributed by atoms with Crippen molar-refractivity contribution >= 4 is 50.3 Å². The summed E-state index contributed by atoms with van der Waals surface area (Å²) in [4.78, 5) is 14.5. The van der Waals surface area contributed by atoms with Gasteiger partial charge in [-0.05, 0) is 39.5 Å².